The number of hydrogen-bond acceptors (Lipinski definition) is 2. The Hall–Kier alpha value is -0.890. The summed E-state index contributed by atoms with van der Waals surface area (Å²) in [7, 11) is 0. The van der Waals surface area contributed by atoms with Gasteiger partial charge in [0.1, 0.15) is 0 Å². The molecule has 2 heterocycles. The second-order valence-electron chi connectivity index (χ2n) is 4.72. The zero-order valence-corrected chi connectivity index (χ0v) is 9.90. The Balaban J connectivity index is 2.74. The van der Waals surface area contributed by atoms with Crippen LogP contribution in [-0.4, -0.2) is 4.98 Å². The molecule has 0 aromatic carbocycles. The monoisotopic (exact) mass is 205 g/mol. The summed E-state index contributed by atoms with van der Waals surface area (Å²) in [4.78, 5) is 4.48. The fourth-order valence-electron chi connectivity index (χ4n) is 1.80. The van der Waals surface area contributed by atoms with Gasteiger partial charge >= 0.3 is 0 Å². The number of pyridine rings is 1. The third kappa shape index (κ3) is 1.44. The zero-order valence-electron chi connectivity index (χ0n) is 9.09. The standard InChI is InChI=1S/C12H15NS/c1-8-9-6-14-7-11(9)13-5-10(8)12(2,3)4/h5-7H,1-4H3. The minimum Gasteiger partial charge on any atom is -0.255 e. The minimum absolute atomic E-state index is 0.188. The number of rotatable bonds is 0. The van der Waals surface area contributed by atoms with Gasteiger partial charge in [-0.05, 0) is 23.5 Å². The first-order valence-electron chi connectivity index (χ1n) is 4.82. The van der Waals surface area contributed by atoms with Gasteiger partial charge in [0.15, 0.2) is 0 Å². The quantitative estimate of drug-likeness (QED) is 0.635. The fraction of sp³-hybridized carbons (Fsp3) is 0.417. The van der Waals surface area contributed by atoms with Crippen LogP contribution in [0.15, 0.2) is 17.0 Å². The van der Waals surface area contributed by atoms with Crippen molar-refractivity contribution in [3.8, 4) is 0 Å². The molecule has 0 N–H and O–H groups in total. The first-order chi connectivity index (χ1) is 6.50. The van der Waals surface area contributed by atoms with Crippen LogP contribution < -0.4 is 0 Å². The smallest absolute Gasteiger partial charge is 0.0811 e. The predicted octanol–water partition coefficient (Wildman–Crippen LogP) is 3.90. The van der Waals surface area contributed by atoms with Crippen LogP contribution in [0.5, 0.6) is 0 Å². The molecule has 2 heteroatoms. The molecular weight excluding hydrogens is 190 g/mol. The van der Waals surface area contributed by atoms with E-state index in [0.717, 1.165) is 5.52 Å². The Kier molecular flexibility index (Phi) is 2.11. The largest absolute Gasteiger partial charge is 0.255 e. The lowest BCUT2D eigenvalue weighted by atomic mass is 9.84. The highest BCUT2D eigenvalue weighted by atomic mass is 32.1. The van der Waals surface area contributed by atoms with Gasteiger partial charge in [-0.1, -0.05) is 20.8 Å². The SMILES string of the molecule is Cc1c(C(C)(C)C)cnc2cscc12. The van der Waals surface area contributed by atoms with Crippen LogP contribution in [0, 0.1) is 6.92 Å². The molecule has 0 radical (unpaired) electrons. The molecule has 0 fully saturated rings. The van der Waals surface area contributed by atoms with Gasteiger partial charge in [0, 0.05) is 22.3 Å². The van der Waals surface area contributed by atoms with E-state index in [1.165, 1.54) is 16.5 Å². The number of hydrogen-bond donors (Lipinski definition) is 0. The number of fused-ring (bicyclic) bond motifs is 1. The molecule has 2 aromatic rings. The van der Waals surface area contributed by atoms with Crippen LogP contribution in [0.4, 0.5) is 0 Å². The molecule has 0 saturated carbocycles. The Bertz CT molecular complexity index is 463. The second kappa shape index (κ2) is 3.06. The van der Waals surface area contributed by atoms with E-state index < -0.39 is 0 Å². The Morgan fingerprint density at radius 3 is 2.57 bits per heavy atom. The molecule has 0 amide bonds. The summed E-state index contributed by atoms with van der Waals surface area (Å²) < 4.78 is 0. The lowest BCUT2D eigenvalue weighted by molar-refractivity contribution is 0.585. The van der Waals surface area contributed by atoms with E-state index in [9.17, 15) is 0 Å². The van der Waals surface area contributed by atoms with E-state index in [1.807, 2.05) is 6.20 Å². The maximum absolute atomic E-state index is 4.48. The molecule has 0 saturated heterocycles. The van der Waals surface area contributed by atoms with Crippen molar-refractivity contribution in [2.75, 3.05) is 0 Å². The van der Waals surface area contributed by atoms with Gasteiger partial charge in [-0.2, -0.15) is 0 Å². The lowest BCUT2D eigenvalue weighted by Gasteiger charge is -2.21. The number of thiophene rings is 1. The number of aryl methyl sites for hydroxylation is 1. The van der Waals surface area contributed by atoms with Crippen molar-refractivity contribution in [2.45, 2.75) is 33.1 Å². The van der Waals surface area contributed by atoms with E-state index in [4.69, 9.17) is 0 Å². The maximum atomic E-state index is 4.48. The molecule has 1 nitrogen and oxygen atoms in total. The second-order valence-corrected chi connectivity index (χ2v) is 5.46. The normalized spacial score (nSPS) is 12.3. The van der Waals surface area contributed by atoms with E-state index in [1.54, 1.807) is 11.3 Å². The van der Waals surface area contributed by atoms with Crippen LogP contribution in [0.2, 0.25) is 0 Å². The van der Waals surface area contributed by atoms with E-state index in [-0.39, 0.29) is 5.41 Å². The maximum Gasteiger partial charge on any atom is 0.0811 e. The van der Waals surface area contributed by atoms with Crippen molar-refractivity contribution in [3.05, 3.63) is 28.1 Å². The first-order valence-corrected chi connectivity index (χ1v) is 5.76. The van der Waals surface area contributed by atoms with Crippen LogP contribution in [-0.2, 0) is 5.41 Å². The van der Waals surface area contributed by atoms with Gasteiger partial charge in [0.25, 0.3) is 0 Å². The van der Waals surface area contributed by atoms with Gasteiger partial charge in [-0.25, -0.2) is 0 Å². The third-order valence-electron chi connectivity index (χ3n) is 2.59. The van der Waals surface area contributed by atoms with Crippen LogP contribution in [0.3, 0.4) is 0 Å². The fourth-order valence-corrected chi connectivity index (χ4v) is 2.62. The van der Waals surface area contributed by atoms with Crippen molar-refractivity contribution in [1.29, 1.82) is 0 Å². The Morgan fingerprint density at radius 1 is 1.21 bits per heavy atom. The minimum atomic E-state index is 0.188. The summed E-state index contributed by atoms with van der Waals surface area (Å²) in [5, 5.41) is 5.60. The van der Waals surface area contributed by atoms with Gasteiger partial charge in [-0.15, -0.1) is 11.3 Å². The summed E-state index contributed by atoms with van der Waals surface area (Å²) >= 11 is 1.72. The van der Waals surface area contributed by atoms with Crippen molar-refractivity contribution in [1.82, 2.24) is 4.98 Å². The highest BCUT2D eigenvalue weighted by Gasteiger charge is 2.18. The molecular formula is C12H15NS. The van der Waals surface area contributed by atoms with Crippen LogP contribution in [0.25, 0.3) is 10.9 Å². The van der Waals surface area contributed by atoms with Crippen molar-refractivity contribution < 1.29 is 0 Å². The van der Waals surface area contributed by atoms with Gasteiger partial charge < -0.3 is 0 Å². The van der Waals surface area contributed by atoms with Gasteiger partial charge in [0.05, 0.1) is 5.52 Å². The number of aromatic nitrogens is 1. The molecule has 0 aliphatic rings. The summed E-state index contributed by atoms with van der Waals surface area (Å²) in [6.07, 6.45) is 2.02. The van der Waals surface area contributed by atoms with Gasteiger partial charge in [0.2, 0.25) is 0 Å². The molecule has 0 bridgehead atoms. The van der Waals surface area contributed by atoms with Crippen molar-refractivity contribution >= 4 is 22.2 Å². The summed E-state index contributed by atoms with van der Waals surface area (Å²) in [6.45, 7) is 8.89. The molecule has 0 unspecified atom stereocenters. The Labute approximate surface area is 88.8 Å². The van der Waals surface area contributed by atoms with Crippen LogP contribution >= 0.6 is 11.3 Å². The summed E-state index contributed by atoms with van der Waals surface area (Å²) in [6, 6.07) is 0. The average Bonchev–Trinajstić information content (AvgIpc) is 2.50. The molecule has 0 aliphatic heterocycles. The average molecular weight is 205 g/mol. The van der Waals surface area contributed by atoms with Gasteiger partial charge in [-0.3, -0.25) is 4.98 Å². The summed E-state index contributed by atoms with van der Waals surface area (Å²) in [5.74, 6) is 0. The van der Waals surface area contributed by atoms with E-state index in [0.29, 0.717) is 0 Å². The molecule has 74 valence electrons. The third-order valence-corrected chi connectivity index (χ3v) is 3.32. The Morgan fingerprint density at radius 2 is 1.93 bits per heavy atom. The molecule has 0 aliphatic carbocycles. The van der Waals surface area contributed by atoms with E-state index in [2.05, 4.69) is 43.4 Å². The highest BCUT2D eigenvalue weighted by Crippen LogP contribution is 2.30. The predicted molar refractivity (Wildman–Crippen MR) is 63.1 cm³/mol. The molecule has 2 aromatic heterocycles. The molecule has 0 atom stereocenters. The topological polar surface area (TPSA) is 12.9 Å². The van der Waals surface area contributed by atoms with Crippen molar-refractivity contribution in [2.24, 2.45) is 0 Å². The zero-order chi connectivity index (χ0) is 10.3. The van der Waals surface area contributed by atoms with Crippen LogP contribution in [0.1, 0.15) is 31.9 Å². The van der Waals surface area contributed by atoms with Crippen molar-refractivity contribution in [3.63, 3.8) is 0 Å². The molecule has 2 rings (SSSR count). The lowest BCUT2D eigenvalue weighted by Crippen LogP contribution is -2.13. The first kappa shape index (κ1) is 9.66. The summed E-state index contributed by atoms with van der Waals surface area (Å²) in [5.41, 5.74) is 4.04. The van der Waals surface area contributed by atoms with E-state index >= 15 is 0 Å². The molecule has 0 spiro atoms. The molecule has 14 heavy (non-hydrogen) atoms. The number of nitrogens with zero attached hydrogens (tertiary/aromatic N) is 1. The highest BCUT2D eigenvalue weighted by molar-refractivity contribution is 7.09.